The highest BCUT2D eigenvalue weighted by Crippen LogP contribution is 2.57. The highest BCUT2D eigenvalue weighted by atomic mass is 16.3. The number of fused-ring (bicyclic) bond motifs is 2. The lowest BCUT2D eigenvalue weighted by atomic mass is 9.74. The molecule has 2 aliphatic carbocycles. The molecule has 0 spiro atoms. The van der Waals surface area contributed by atoms with Gasteiger partial charge in [0.05, 0.1) is 6.10 Å². The molecule has 3 saturated heterocycles. The molecule has 0 aromatic heterocycles. The molecular formula is C26H36N2O3. The molecule has 0 radical (unpaired) electrons. The van der Waals surface area contributed by atoms with E-state index >= 15 is 0 Å². The molecule has 1 unspecified atom stereocenters. The Morgan fingerprint density at radius 2 is 1.77 bits per heavy atom. The fourth-order valence-electron chi connectivity index (χ4n) is 7.97. The maximum absolute atomic E-state index is 11.6. The largest absolute Gasteiger partial charge is 0.393 e. The summed E-state index contributed by atoms with van der Waals surface area (Å²) in [6.07, 6.45) is 11.1. The smallest absolute Gasteiger partial charge is 0.150 e. The molecule has 2 saturated carbocycles. The van der Waals surface area contributed by atoms with Gasteiger partial charge in [-0.2, -0.15) is 0 Å². The molecule has 168 valence electrons. The zero-order valence-electron chi connectivity index (χ0n) is 18.3. The number of rotatable bonds is 5. The van der Waals surface area contributed by atoms with E-state index in [4.69, 9.17) is 0 Å². The maximum Gasteiger partial charge on any atom is 0.150 e. The first-order chi connectivity index (χ1) is 15.1. The minimum Gasteiger partial charge on any atom is -0.393 e. The zero-order chi connectivity index (χ0) is 21.2. The SMILES string of the molecule is O=Cc1ccc([C@@H](C2CCCC2)[C@H]2C[C@@H]([C@@H]3CC[C@H]4[C@@H](O)CC[C@H]4N3)[C@@]3(O)CN23)cc1. The van der Waals surface area contributed by atoms with Crippen molar-refractivity contribution in [2.45, 2.75) is 93.7 Å². The summed E-state index contributed by atoms with van der Waals surface area (Å²) in [5, 5.41) is 25.7. The number of carbonyl (C=O) groups is 1. The van der Waals surface area contributed by atoms with E-state index in [1.807, 2.05) is 12.1 Å². The minimum atomic E-state index is -0.647. The van der Waals surface area contributed by atoms with Crippen LogP contribution >= 0.6 is 0 Å². The molecule has 5 heteroatoms. The number of nitrogens with zero attached hydrogens (tertiary/aromatic N) is 1. The fraction of sp³-hybridized carbons (Fsp3) is 0.731. The molecule has 3 N–H and O–H groups in total. The van der Waals surface area contributed by atoms with Crippen LogP contribution in [0.5, 0.6) is 0 Å². The first-order valence-electron chi connectivity index (χ1n) is 12.6. The summed E-state index contributed by atoms with van der Waals surface area (Å²) in [5.74, 6) is 1.78. The second-order valence-electron chi connectivity index (χ2n) is 11.0. The molecule has 9 atom stereocenters. The van der Waals surface area contributed by atoms with Crippen LogP contribution in [0, 0.1) is 17.8 Å². The third-order valence-electron chi connectivity index (χ3n) is 9.58. The number of carbonyl (C=O) groups excluding carboxylic acids is 1. The van der Waals surface area contributed by atoms with E-state index in [1.54, 1.807) is 0 Å². The number of aliphatic hydroxyl groups excluding tert-OH is 1. The second kappa shape index (κ2) is 7.65. The Hall–Kier alpha value is -1.27. The van der Waals surface area contributed by atoms with Gasteiger partial charge in [0.2, 0.25) is 0 Å². The van der Waals surface area contributed by atoms with Gasteiger partial charge < -0.3 is 15.5 Å². The number of benzene rings is 1. The van der Waals surface area contributed by atoms with E-state index in [0.717, 1.165) is 50.5 Å². The number of hydrogen-bond acceptors (Lipinski definition) is 5. The van der Waals surface area contributed by atoms with E-state index in [1.165, 1.54) is 31.2 Å². The Morgan fingerprint density at radius 3 is 2.52 bits per heavy atom. The molecule has 1 aromatic rings. The van der Waals surface area contributed by atoms with Crippen molar-refractivity contribution in [1.82, 2.24) is 10.2 Å². The highest BCUT2D eigenvalue weighted by Gasteiger charge is 2.68. The summed E-state index contributed by atoms with van der Waals surface area (Å²) in [6.45, 7) is 0.798. The summed E-state index contributed by atoms with van der Waals surface area (Å²) in [4.78, 5) is 13.5. The van der Waals surface area contributed by atoms with Gasteiger partial charge in [-0.3, -0.25) is 9.69 Å². The number of aldehydes is 1. The zero-order valence-corrected chi connectivity index (χ0v) is 18.3. The Kier molecular flexibility index (Phi) is 5.02. The summed E-state index contributed by atoms with van der Waals surface area (Å²) in [5.41, 5.74) is 1.43. The number of hydrogen-bond donors (Lipinski definition) is 3. The number of aliphatic hydroxyl groups is 2. The molecule has 1 aromatic carbocycles. The Balaban J connectivity index is 1.24. The molecule has 0 amide bonds. The fourth-order valence-corrected chi connectivity index (χ4v) is 7.97. The van der Waals surface area contributed by atoms with E-state index < -0.39 is 5.72 Å². The monoisotopic (exact) mass is 424 g/mol. The molecule has 5 nitrogen and oxygen atoms in total. The predicted octanol–water partition coefficient (Wildman–Crippen LogP) is 3.06. The van der Waals surface area contributed by atoms with Crippen molar-refractivity contribution in [3.05, 3.63) is 35.4 Å². The quantitative estimate of drug-likeness (QED) is 0.501. The third kappa shape index (κ3) is 3.31. The van der Waals surface area contributed by atoms with Crippen LogP contribution in [0.1, 0.15) is 79.6 Å². The minimum absolute atomic E-state index is 0.142. The molecular weight excluding hydrogens is 388 g/mol. The van der Waals surface area contributed by atoms with E-state index in [-0.39, 0.29) is 12.0 Å². The summed E-state index contributed by atoms with van der Waals surface area (Å²) < 4.78 is 0. The molecule has 0 bridgehead atoms. The average Bonchev–Trinajstić information content (AvgIpc) is 3.15. The van der Waals surface area contributed by atoms with Gasteiger partial charge in [0.1, 0.15) is 12.0 Å². The van der Waals surface area contributed by atoms with Crippen LogP contribution in [0.15, 0.2) is 24.3 Å². The van der Waals surface area contributed by atoms with Crippen molar-refractivity contribution in [3.8, 4) is 0 Å². The number of piperidine rings is 2. The first kappa shape index (κ1) is 20.3. The summed E-state index contributed by atoms with van der Waals surface area (Å²) >= 11 is 0. The topological polar surface area (TPSA) is 72.6 Å². The normalized spacial score (nSPS) is 45.3. The number of nitrogens with one attached hydrogen (secondary N) is 1. The maximum atomic E-state index is 11.6. The molecule has 3 aliphatic heterocycles. The lowest BCUT2D eigenvalue weighted by Crippen LogP contribution is -2.52. The third-order valence-corrected chi connectivity index (χ3v) is 9.58. The van der Waals surface area contributed by atoms with Crippen molar-refractivity contribution in [1.29, 1.82) is 0 Å². The van der Waals surface area contributed by atoms with Gasteiger partial charge >= 0.3 is 0 Å². The summed E-state index contributed by atoms with van der Waals surface area (Å²) in [7, 11) is 0. The van der Waals surface area contributed by atoms with Crippen LogP contribution in [-0.2, 0) is 0 Å². The van der Waals surface area contributed by atoms with Crippen molar-refractivity contribution in [2.24, 2.45) is 17.8 Å². The van der Waals surface area contributed by atoms with E-state index in [9.17, 15) is 15.0 Å². The molecule has 5 aliphatic rings. The van der Waals surface area contributed by atoms with Gasteiger partial charge in [-0.15, -0.1) is 0 Å². The Labute approximate surface area is 185 Å². The van der Waals surface area contributed by atoms with Crippen LogP contribution in [0.25, 0.3) is 0 Å². The van der Waals surface area contributed by atoms with Crippen LogP contribution in [0.3, 0.4) is 0 Å². The van der Waals surface area contributed by atoms with Crippen LogP contribution in [0.4, 0.5) is 0 Å². The van der Waals surface area contributed by atoms with Crippen molar-refractivity contribution in [3.63, 3.8) is 0 Å². The van der Waals surface area contributed by atoms with Crippen LogP contribution in [-0.4, -0.2) is 57.9 Å². The predicted molar refractivity (Wildman–Crippen MR) is 119 cm³/mol. The highest BCUT2D eigenvalue weighted by molar-refractivity contribution is 5.74. The van der Waals surface area contributed by atoms with E-state index in [2.05, 4.69) is 22.3 Å². The Bertz CT molecular complexity index is 822. The van der Waals surface area contributed by atoms with Gasteiger partial charge in [0.15, 0.2) is 0 Å². The van der Waals surface area contributed by atoms with Gasteiger partial charge in [-0.05, 0) is 56.4 Å². The van der Waals surface area contributed by atoms with Crippen molar-refractivity contribution >= 4 is 6.29 Å². The van der Waals surface area contributed by atoms with Gasteiger partial charge in [0.25, 0.3) is 0 Å². The van der Waals surface area contributed by atoms with Crippen molar-refractivity contribution in [2.75, 3.05) is 6.54 Å². The van der Waals surface area contributed by atoms with E-state index in [0.29, 0.717) is 35.9 Å². The lowest BCUT2D eigenvalue weighted by Gasteiger charge is -2.39. The van der Waals surface area contributed by atoms with Gasteiger partial charge in [-0.1, -0.05) is 37.1 Å². The Morgan fingerprint density at radius 1 is 1.03 bits per heavy atom. The molecule has 3 heterocycles. The second-order valence-corrected chi connectivity index (χ2v) is 11.0. The van der Waals surface area contributed by atoms with Gasteiger partial charge in [-0.25, -0.2) is 0 Å². The van der Waals surface area contributed by atoms with Crippen LogP contribution in [0.2, 0.25) is 0 Å². The lowest BCUT2D eigenvalue weighted by molar-refractivity contribution is 0.0244. The average molecular weight is 425 g/mol. The summed E-state index contributed by atoms with van der Waals surface area (Å²) in [6, 6.07) is 9.39. The first-order valence-corrected chi connectivity index (χ1v) is 12.6. The molecule has 6 rings (SSSR count). The van der Waals surface area contributed by atoms with Crippen LogP contribution < -0.4 is 5.32 Å². The van der Waals surface area contributed by atoms with Crippen molar-refractivity contribution < 1.29 is 15.0 Å². The molecule has 31 heavy (non-hydrogen) atoms. The standard InChI is InChI=1S/C26H36N2O3/c29-14-16-5-7-18(8-6-16)25(17-3-1-2-4-17)23-13-20(26(31)15-28(23)26)22-10-9-19-21(27-22)11-12-24(19)30/h5-8,14,17,19-25,27,30-31H,1-4,9-13,15H2/t19-,20+,21-,22+,23-,24+,25-,26+,28?/m1/s1. The molecule has 5 fully saturated rings. The van der Waals surface area contributed by atoms with Gasteiger partial charge in [0, 0.05) is 48.0 Å².